The van der Waals surface area contributed by atoms with Crippen LogP contribution in [0.4, 0.5) is 8.78 Å². The van der Waals surface area contributed by atoms with Gasteiger partial charge in [-0.25, -0.2) is 8.78 Å². The van der Waals surface area contributed by atoms with Gasteiger partial charge < -0.3 is 9.13 Å². The lowest BCUT2D eigenvalue weighted by atomic mass is 9.93. The normalized spacial score (nSPS) is 14.1. The third-order valence-corrected chi connectivity index (χ3v) is 4.82. The number of hydrogen-bond donors (Lipinski definition) is 0. The van der Waals surface area contributed by atoms with Crippen molar-refractivity contribution in [2.24, 2.45) is 0 Å². The smallest absolute Gasteiger partial charge is 0.306 e. The highest BCUT2D eigenvalue weighted by Crippen LogP contribution is 2.29. The van der Waals surface area contributed by atoms with Crippen molar-refractivity contribution in [3.8, 4) is 11.3 Å². The first-order chi connectivity index (χ1) is 13.0. The number of benzene rings is 1. The molecule has 2 heterocycles. The molecule has 138 valence electrons. The first-order valence-corrected chi connectivity index (χ1v) is 8.63. The van der Waals surface area contributed by atoms with Crippen LogP contribution in [-0.4, -0.2) is 19.3 Å². The Morgan fingerprint density at radius 2 is 1.70 bits per heavy atom. The summed E-state index contributed by atoms with van der Waals surface area (Å²) in [7, 11) is 0. The summed E-state index contributed by atoms with van der Waals surface area (Å²) < 4.78 is 30.4. The minimum Gasteiger partial charge on any atom is -0.306 e. The predicted octanol–water partition coefficient (Wildman–Crippen LogP) is 2.52. The van der Waals surface area contributed by atoms with Crippen LogP contribution in [0.5, 0.6) is 0 Å². The molecule has 1 aliphatic carbocycles. The third kappa shape index (κ3) is 3.18. The van der Waals surface area contributed by atoms with Gasteiger partial charge in [0, 0.05) is 18.4 Å². The molecule has 0 N–H and O–H groups in total. The van der Waals surface area contributed by atoms with Gasteiger partial charge >= 0.3 is 11.1 Å². The Morgan fingerprint density at radius 3 is 2.30 bits per heavy atom. The van der Waals surface area contributed by atoms with Crippen LogP contribution in [0.25, 0.3) is 11.3 Å². The van der Waals surface area contributed by atoms with Gasteiger partial charge in [-0.3, -0.25) is 9.59 Å². The molecule has 0 unspecified atom stereocenters. The maximum absolute atomic E-state index is 13.8. The molecule has 0 radical (unpaired) electrons. The molecule has 0 amide bonds. The van der Waals surface area contributed by atoms with Crippen molar-refractivity contribution in [3.63, 3.8) is 0 Å². The van der Waals surface area contributed by atoms with E-state index in [2.05, 4.69) is 10.2 Å². The molecule has 1 saturated carbocycles. The average Bonchev–Trinajstić information content (AvgIpc) is 2.61. The summed E-state index contributed by atoms with van der Waals surface area (Å²) in [5, 5.41) is 7.79. The summed E-state index contributed by atoms with van der Waals surface area (Å²) in [5.74, 6) is -1.46. The zero-order valence-corrected chi connectivity index (χ0v) is 14.3. The largest absolute Gasteiger partial charge is 0.316 e. The highest BCUT2D eigenvalue weighted by atomic mass is 19.1. The van der Waals surface area contributed by atoms with E-state index in [4.69, 9.17) is 0 Å². The quantitative estimate of drug-likeness (QED) is 0.662. The van der Waals surface area contributed by atoms with Gasteiger partial charge in [0.2, 0.25) is 0 Å². The van der Waals surface area contributed by atoms with E-state index in [1.165, 1.54) is 27.3 Å². The van der Waals surface area contributed by atoms with E-state index in [9.17, 15) is 18.4 Å². The molecular formula is C19H16F2N4O2. The second-order valence-electron chi connectivity index (χ2n) is 6.53. The summed E-state index contributed by atoms with van der Waals surface area (Å²) in [6.07, 6.45) is 6.04. The number of aromatic nitrogens is 4. The fourth-order valence-corrected chi connectivity index (χ4v) is 3.09. The lowest BCUT2D eigenvalue weighted by Gasteiger charge is -2.27. The monoisotopic (exact) mass is 370 g/mol. The molecule has 6 nitrogen and oxygen atoms in total. The molecule has 1 aromatic carbocycles. The third-order valence-electron chi connectivity index (χ3n) is 4.82. The zero-order valence-electron chi connectivity index (χ0n) is 14.3. The Hall–Kier alpha value is -3.16. The highest BCUT2D eigenvalue weighted by Gasteiger charge is 2.21. The maximum Gasteiger partial charge on any atom is 0.316 e. The SMILES string of the molecule is O=c1c(=O)n(C2CCC2)ccn1Cc1ccc(-c2c(F)cccc2F)nn1. The summed E-state index contributed by atoms with van der Waals surface area (Å²) in [4.78, 5) is 24.5. The predicted molar refractivity (Wildman–Crippen MR) is 94.3 cm³/mol. The van der Waals surface area contributed by atoms with E-state index in [1.807, 2.05) is 0 Å². The van der Waals surface area contributed by atoms with E-state index < -0.39 is 22.8 Å². The average molecular weight is 370 g/mol. The summed E-state index contributed by atoms with van der Waals surface area (Å²) in [5.41, 5.74) is -0.979. The molecule has 0 aliphatic heterocycles. The van der Waals surface area contributed by atoms with Crippen molar-refractivity contribution in [1.82, 2.24) is 19.3 Å². The van der Waals surface area contributed by atoms with Gasteiger partial charge in [-0.15, -0.1) is 5.10 Å². The lowest BCUT2D eigenvalue weighted by molar-refractivity contribution is 0.303. The summed E-state index contributed by atoms with van der Waals surface area (Å²) >= 11 is 0. The van der Waals surface area contributed by atoms with Crippen LogP contribution in [-0.2, 0) is 6.54 Å². The molecule has 0 bridgehead atoms. The van der Waals surface area contributed by atoms with Crippen molar-refractivity contribution < 1.29 is 8.78 Å². The van der Waals surface area contributed by atoms with Gasteiger partial charge in [0.05, 0.1) is 23.5 Å². The van der Waals surface area contributed by atoms with E-state index in [1.54, 1.807) is 12.4 Å². The van der Waals surface area contributed by atoms with Crippen LogP contribution in [0.3, 0.4) is 0 Å². The molecule has 8 heteroatoms. The number of nitrogens with zero attached hydrogens (tertiary/aromatic N) is 4. The van der Waals surface area contributed by atoms with Crippen LogP contribution in [0.15, 0.2) is 52.3 Å². The van der Waals surface area contributed by atoms with Gasteiger partial charge in [-0.2, -0.15) is 5.10 Å². The Bertz CT molecular complexity index is 1080. The molecule has 1 fully saturated rings. The van der Waals surface area contributed by atoms with Crippen LogP contribution in [0.1, 0.15) is 31.0 Å². The van der Waals surface area contributed by atoms with Gasteiger partial charge in [0.25, 0.3) is 0 Å². The Labute approximate surface area is 152 Å². The number of hydrogen-bond acceptors (Lipinski definition) is 4. The van der Waals surface area contributed by atoms with Crippen LogP contribution in [0.2, 0.25) is 0 Å². The molecular weight excluding hydrogens is 354 g/mol. The van der Waals surface area contributed by atoms with Gasteiger partial charge in [0.15, 0.2) is 0 Å². The standard InChI is InChI=1S/C19H16F2N4O2/c20-14-5-2-6-15(21)17(14)16-8-7-12(22-23-16)11-24-9-10-25(13-3-1-4-13)19(27)18(24)26/h2,5-10,13H,1,3-4,11H2. The van der Waals surface area contributed by atoms with Gasteiger partial charge in [0.1, 0.15) is 11.6 Å². The molecule has 2 aromatic heterocycles. The minimum absolute atomic E-state index is 0.0482. The zero-order chi connectivity index (χ0) is 19.0. The van der Waals surface area contributed by atoms with Gasteiger partial charge in [-0.05, 0) is 43.5 Å². The highest BCUT2D eigenvalue weighted by molar-refractivity contribution is 5.60. The Morgan fingerprint density at radius 1 is 0.963 bits per heavy atom. The van der Waals surface area contributed by atoms with Gasteiger partial charge in [-0.1, -0.05) is 6.07 Å². The molecule has 0 saturated heterocycles. The summed E-state index contributed by atoms with van der Waals surface area (Å²) in [6, 6.07) is 6.63. The van der Waals surface area contributed by atoms with E-state index >= 15 is 0 Å². The molecule has 1 aliphatic rings. The van der Waals surface area contributed by atoms with Crippen molar-refractivity contribution in [1.29, 1.82) is 0 Å². The van der Waals surface area contributed by atoms with Crippen molar-refractivity contribution in [2.45, 2.75) is 31.8 Å². The second-order valence-corrected chi connectivity index (χ2v) is 6.53. The second kappa shape index (κ2) is 6.86. The first kappa shape index (κ1) is 17.3. The van der Waals surface area contributed by atoms with Crippen LogP contribution in [0, 0.1) is 11.6 Å². The van der Waals surface area contributed by atoms with Crippen molar-refractivity contribution in [3.05, 3.63) is 80.8 Å². The molecule has 27 heavy (non-hydrogen) atoms. The molecule has 0 spiro atoms. The molecule has 3 aromatic rings. The number of rotatable bonds is 4. The first-order valence-electron chi connectivity index (χ1n) is 8.63. The molecule has 4 rings (SSSR count). The number of halogens is 2. The van der Waals surface area contributed by atoms with Crippen molar-refractivity contribution >= 4 is 0 Å². The van der Waals surface area contributed by atoms with E-state index in [0.717, 1.165) is 31.4 Å². The van der Waals surface area contributed by atoms with Crippen LogP contribution < -0.4 is 11.1 Å². The lowest BCUT2D eigenvalue weighted by Crippen LogP contribution is -2.43. The maximum atomic E-state index is 13.8. The Balaban J connectivity index is 1.60. The van der Waals surface area contributed by atoms with Crippen LogP contribution >= 0.6 is 0 Å². The summed E-state index contributed by atoms with van der Waals surface area (Å²) in [6.45, 7) is 0.0482. The fraction of sp³-hybridized carbons (Fsp3) is 0.263. The van der Waals surface area contributed by atoms with E-state index in [-0.39, 0.29) is 23.8 Å². The van der Waals surface area contributed by atoms with E-state index in [0.29, 0.717) is 5.69 Å². The fourth-order valence-electron chi connectivity index (χ4n) is 3.09. The topological polar surface area (TPSA) is 69.8 Å². The minimum atomic E-state index is -0.729. The van der Waals surface area contributed by atoms with Crippen molar-refractivity contribution in [2.75, 3.05) is 0 Å². The molecule has 0 atom stereocenters. The Kier molecular flexibility index (Phi) is 4.39.